The van der Waals surface area contributed by atoms with E-state index < -0.39 is 0 Å². The molecule has 0 spiro atoms. The molecular formula is C19H21O. The van der Waals surface area contributed by atoms with E-state index in [9.17, 15) is 0 Å². The summed E-state index contributed by atoms with van der Waals surface area (Å²) in [5.41, 5.74) is 2.65. The van der Waals surface area contributed by atoms with Crippen LogP contribution in [0.1, 0.15) is 30.4 Å². The fraction of sp³-hybridized carbons (Fsp3) is 0.316. The van der Waals surface area contributed by atoms with E-state index >= 15 is 0 Å². The van der Waals surface area contributed by atoms with Gasteiger partial charge in [0, 0.05) is 18.9 Å². The standard InChI is InChI=1S/C19H21O/c1-20-18-14-8-13-17(18)19(15-9-4-2-5-10-15)16-11-6-3-7-12-16/h2-7,9-12,17-18H,8,13-14H2,1H3. The number of hydrogen-bond donors (Lipinski definition) is 0. The molecule has 1 aliphatic rings. The zero-order valence-corrected chi connectivity index (χ0v) is 12.0. The lowest BCUT2D eigenvalue weighted by Crippen LogP contribution is -2.24. The highest BCUT2D eigenvalue weighted by Gasteiger charge is 2.35. The van der Waals surface area contributed by atoms with Gasteiger partial charge in [-0.2, -0.15) is 0 Å². The maximum atomic E-state index is 5.73. The summed E-state index contributed by atoms with van der Waals surface area (Å²) in [5.74, 6) is 1.94. The van der Waals surface area contributed by atoms with Gasteiger partial charge in [0.15, 0.2) is 0 Å². The third-order valence-electron chi connectivity index (χ3n) is 4.30. The fourth-order valence-electron chi connectivity index (χ4n) is 3.37. The summed E-state index contributed by atoms with van der Waals surface area (Å²) >= 11 is 0. The minimum absolute atomic E-state index is 0.352. The molecule has 103 valence electrons. The van der Waals surface area contributed by atoms with Crippen LogP contribution in [0.5, 0.6) is 0 Å². The summed E-state index contributed by atoms with van der Waals surface area (Å²) in [4.78, 5) is 0. The van der Waals surface area contributed by atoms with Crippen molar-refractivity contribution >= 4 is 0 Å². The lowest BCUT2D eigenvalue weighted by Gasteiger charge is -2.28. The lowest BCUT2D eigenvalue weighted by molar-refractivity contribution is 0.0785. The largest absolute Gasteiger partial charge is 0.381 e. The predicted molar refractivity (Wildman–Crippen MR) is 82.5 cm³/mol. The van der Waals surface area contributed by atoms with Crippen LogP contribution < -0.4 is 0 Å². The Morgan fingerprint density at radius 1 is 0.850 bits per heavy atom. The van der Waals surface area contributed by atoms with Crippen molar-refractivity contribution in [2.45, 2.75) is 25.4 Å². The van der Waals surface area contributed by atoms with E-state index in [0.29, 0.717) is 12.0 Å². The molecule has 2 unspecified atom stereocenters. The van der Waals surface area contributed by atoms with Crippen LogP contribution in [-0.2, 0) is 4.74 Å². The normalized spacial score (nSPS) is 22.3. The number of ether oxygens (including phenoxy) is 1. The molecule has 1 aliphatic carbocycles. The maximum Gasteiger partial charge on any atom is 0.0611 e. The Kier molecular flexibility index (Phi) is 4.17. The number of benzene rings is 2. The Morgan fingerprint density at radius 2 is 1.40 bits per heavy atom. The molecule has 2 aromatic rings. The number of hydrogen-bond acceptors (Lipinski definition) is 1. The van der Waals surface area contributed by atoms with Gasteiger partial charge in [0.1, 0.15) is 0 Å². The molecule has 2 atom stereocenters. The molecule has 0 aromatic heterocycles. The summed E-state index contributed by atoms with van der Waals surface area (Å²) in [6, 6.07) is 21.5. The first-order valence-corrected chi connectivity index (χ1v) is 7.40. The molecule has 0 aliphatic heterocycles. The first kappa shape index (κ1) is 13.4. The van der Waals surface area contributed by atoms with Gasteiger partial charge in [-0.3, -0.25) is 0 Å². The maximum absolute atomic E-state index is 5.73. The van der Waals surface area contributed by atoms with Crippen molar-refractivity contribution < 1.29 is 4.74 Å². The van der Waals surface area contributed by atoms with Crippen LogP contribution in [0.15, 0.2) is 60.7 Å². The van der Waals surface area contributed by atoms with Gasteiger partial charge in [-0.15, -0.1) is 0 Å². The topological polar surface area (TPSA) is 9.23 Å². The lowest BCUT2D eigenvalue weighted by atomic mass is 9.79. The highest BCUT2D eigenvalue weighted by Crippen LogP contribution is 2.41. The molecule has 0 N–H and O–H groups in total. The summed E-state index contributed by atoms with van der Waals surface area (Å²) in [6.07, 6.45) is 4.00. The molecule has 1 fully saturated rings. The highest BCUT2D eigenvalue weighted by atomic mass is 16.5. The Bertz CT molecular complexity index is 480. The molecule has 0 saturated heterocycles. The second-order valence-corrected chi connectivity index (χ2v) is 5.46. The third kappa shape index (κ3) is 2.64. The summed E-state index contributed by atoms with van der Waals surface area (Å²) in [6.45, 7) is 0. The van der Waals surface area contributed by atoms with Gasteiger partial charge in [0.2, 0.25) is 0 Å². The van der Waals surface area contributed by atoms with Gasteiger partial charge >= 0.3 is 0 Å². The molecule has 1 saturated carbocycles. The SMILES string of the molecule is COC1CCCC1[C](c1ccccc1)c1ccccc1. The quantitative estimate of drug-likeness (QED) is 0.792. The van der Waals surface area contributed by atoms with E-state index in [1.54, 1.807) is 0 Å². The monoisotopic (exact) mass is 265 g/mol. The van der Waals surface area contributed by atoms with Crippen LogP contribution in [0.3, 0.4) is 0 Å². The summed E-state index contributed by atoms with van der Waals surface area (Å²) in [5, 5.41) is 0. The molecule has 0 heterocycles. The van der Waals surface area contributed by atoms with Gasteiger partial charge in [-0.25, -0.2) is 0 Å². The fourth-order valence-corrected chi connectivity index (χ4v) is 3.37. The average Bonchev–Trinajstić information content (AvgIpc) is 2.98. The van der Waals surface area contributed by atoms with Crippen LogP contribution in [0.25, 0.3) is 0 Å². The Labute approximate surface area is 121 Å². The molecule has 0 amide bonds. The highest BCUT2D eigenvalue weighted by molar-refractivity contribution is 5.47. The summed E-state index contributed by atoms with van der Waals surface area (Å²) in [7, 11) is 1.84. The van der Waals surface area contributed by atoms with Gasteiger partial charge < -0.3 is 4.74 Å². The van der Waals surface area contributed by atoms with Gasteiger partial charge in [-0.1, -0.05) is 67.1 Å². The van der Waals surface area contributed by atoms with Crippen LogP contribution in [0.2, 0.25) is 0 Å². The van der Waals surface area contributed by atoms with E-state index in [-0.39, 0.29) is 0 Å². The van der Waals surface area contributed by atoms with E-state index in [1.807, 2.05) is 7.11 Å². The summed E-state index contributed by atoms with van der Waals surface area (Å²) < 4.78 is 5.73. The minimum atomic E-state index is 0.352. The molecule has 0 bridgehead atoms. The zero-order valence-electron chi connectivity index (χ0n) is 12.0. The van der Waals surface area contributed by atoms with E-state index in [2.05, 4.69) is 60.7 Å². The minimum Gasteiger partial charge on any atom is -0.381 e. The van der Waals surface area contributed by atoms with E-state index in [1.165, 1.54) is 36.3 Å². The van der Waals surface area contributed by atoms with Crippen LogP contribution in [0, 0.1) is 11.8 Å². The second kappa shape index (κ2) is 6.23. The van der Waals surface area contributed by atoms with Crippen molar-refractivity contribution in [2.24, 2.45) is 5.92 Å². The van der Waals surface area contributed by atoms with Gasteiger partial charge in [0.05, 0.1) is 6.10 Å². The van der Waals surface area contributed by atoms with Crippen molar-refractivity contribution in [1.29, 1.82) is 0 Å². The van der Waals surface area contributed by atoms with Crippen molar-refractivity contribution in [1.82, 2.24) is 0 Å². The van der Waals surface area contributed by atoms with E-state index in [0.717, 1.165) is 0 Å². The molecular weight excluding hydrogens is 244 g/mol. The Balaban J connectivity index is 2.00. The molecule has 2 aromatic carbocycles. The van der Waals surface area contributed by atoms with Crippen molar-refractivity contribution in [3.8, 4) is 0 Å². The van der Waals surface area contributed by atoms with Crippen LogP contribution >= 0.6 is 0 Å². The predicted octanol–water partition coefficient (Wildman–Crippen LogP) is 4.47. The molecule has 1 nitrogen and oxygen atoms in total. The third-order valence-corrected chi connectivity index (χ3v) is 4.30. The van der Waals surface area contributed by atoms with Crippen molar-refractivity contribution in [3.63, 3.8) is 0 Å². The average molecular weight is 265 g/mol. The zero-order chi connectivity index (χ0) is 13.8. The number of rotatable bonds is 4. The van der Waals surface area contributed by atoms with Crippen molar-refractivity contribution in [2.75, 3.05) is 7.11 Å². The Morgan fingerprint density at radius 3 is 1.90 bits per heavy atom. The second-order valence-electron chi connectivity index (χ2n) is 5.46. The van der Waals surface area contributed by atoms with Gasteiger partial charge in [-0.05, 0) is 24.0 Å². The van der Waals surface area contributed by atoms with Gasteiger partial charge in [0.25, 0.3) is 0 Å². The number of methoxy groups -OCH3 is 1. The molecule has 1 radical (unpaired) electrons. The molecule has 3 rings (SSSR count). The smallest absolute Gasteiger partial charge is 0.0611 e. The molecule has 1 heteroatoms. The first-order chi connectivity index (χ1) is 9.90. The van der Waals surface area contributed by atoms with Crippen LogP contribution in [-0.4, -0.2) is 13.2 Å². The van der Waals surface area contributed by atoms with Crippen LogP contribution in [0.4, 0.5) is 0 Å². The van der Waals surface area contributed by atoms with E-state index in [4.69, 9.17) is 4.74 Å². The Hall–Kier alpha value is -1.60. The molecule has 20 heavy (non-hydrogen) atoms. The first-order valence-electron chi connectivity index (χ1n) is 7.40. The van der Waals surface area contributed by atoms with Crippen molar-refractivity contribution in [3.05, 3.63) is 77.7 Å².